The van der Waals surface area contributed by atoms with E-state index in [-0.39, 0.29) is 11.6 Å². The molecule has 1 amide bonds. The molecule has 1 aromatic carbocycles. The summed E-state index contributed by atoms with van der Waals surface area (Å²) in [4.78, 5) is 25.2. The van der Waals surface area contributed by atoms with E-state index in [1.807, 2.05) is 0 Å². The predicted octanol–water partition coefficient (Wildman–Crippen LogP) is 3.02. The molecule has 0 spiro atoms. The third kappa shape index (κ3) is 4.52. The number of piperidine rings is 1. The Hall–Kier alpha value is -2.15. The van der Waals surface area contributed by atoms with Crippen LogP contribution < -0.4 is 10.6 Å². The Kier molecular flexibility index (Phi) is 6.08. The van der Waals surface area contributed by atoms with Crippen LogP contribution >= 0.6 is 0 Å². The maximum atomic E-state index is 12.1. The quantitative estimate of drug-likeness (QED) is 0.601. The summed E-state index contributed by atoms with van der Waals surface area (Å²) in [5, 5.41) is 17.0. The Labute approximate surface area is 154 Å². The standard InChI is InChI=1S/C19H28N4O3/c1-20-19(24)17-12-16(23(25)26)6-7-18(17)21-15-8-10-22(11-9-15)13-14-4-2-3-5-14/h6-7,12,14-15,21H,2-5,8-11,13H2,1H3,(H,20,24). The molecule has 1 saturated heterocycles. The molecule has 0 bridgehead atoms. The number of nitrogens with zero attached hydrogens (tertiary/aromatic N) is 2. The smallest absolute Gasteiger partial charge is 0.270 e. The fraction of sp³-hybridized carbons (Fsp3) is 0.632. The van der Waals surface area contributed by atoms with Gasteiger partial charge in [-0.2, -0.15) is 0 Å². The molecule has 26 heavy (non-hydrogen) atoms. The van der Waals surface area contributed by atoms with Crippen molar-refractivity contribution in [1.29, 1.82) is 0 Å². The van der Waals surface area contributed by atoms with Crippen LogP contribution in [-0.4, -0.2) is 48.5 Å². The van der Waals surface area contributed by atoms with Crippen LogP contribution in [0.2, 0.25) is 0 Å². The third-order valence-corrected chi connectivity index (χ3v) is 5.62. The van der Waals surface area contributed by atoms with Gasteiger partial charge in [-0.25, -0.2) is 0 Å². The van der Waals surface area contributed by atoms with Gasteiger partial charge in [0.1, 0.15) is 0 Å². The van der Waals surface area contributed by atoms with Gasteiger partial charge in [-0.3, -0.25) is 14.9 Å². The zero-order chi connectivity index (χ0) is 18.5. The average Bonchev–Trinajstić information content (AvgIpc) is 3.16. The summed E-state index contributed by atoms with van der Waals surface area (Å²) in [5.41, 5.74) is 0.930. The highest BCUT2D eigenvalue weighted by Gasteiger charge is 2.24. The zero-order valence-electron chi connectivity index (χ0n) is 15.4. The third-order valence-electron chi connectivity index (χ3n) is 5.62. The summed E-state index contributed by atoms with van der Waals surface area (Å²) in [6.07, 6.45) is 7.55. The van der Waals surface area contributed by atoms with Gasteiger partial charge < -0.3 is 15.5 Å². The predicted molar refractivity (Wildman–Crippen MR) is 102 cm³/mol. The van der Waals surface area contributed by atoms with E-state index in [0.29, 0.717) is 17.3 Å². The molecular weight excluding hydrogens is 332 g/mol. The second kappa shape index (κ2) is 8.49. The van der Waals surface area contributed by atoms with Gasteiger partial charge in [-0.05, 0) is 37.7 Å². The van der Waals surface area contributed by atoms with Gasteiger partial charge in [-0.15, -0.1) is 0 Å². The van der Waals surface area contributed by atoms with Crippen molar-refractivity contribution >= 4 is 17.3 Å². The zero-order valence-corrected chi connectivity index (χ0v) is 15.4. The first-order valence-electron chi connectivity index (χ1n) is 9.56. The second-order valence-corrected chi connectivity index (χ2v) is 7.44. The van der Waals surface area contributed by atoms with Gasteiger partial charge in [-0.1, -0.05) is 12.8 Å². The number of hydrogen-bond donors (Lipinski definition) is 2. The Morgan fingerprint density at radius 2 is 1.92 bits per heavy atom. The highest BCUT2D eigenvalue weighted by Crippen LogP contribution is 2.28. The van der Waals surface area contributed by atoms with E-state index in [0.717, 1.165) is 31.8 Å². The number of carbonyl (C=O) groups is 1. The SMILES string of the molecule is CNC(=O)c1cc([N+](=O)[O-])ccc1NC1CCN(CC2CCCC2)CC1. The van der Waals surface area contributed by atoms with E-state index >= 15 is 0 Å². The van der Waals surface area contributed by atoms with Crippen molar-refractivity contribution in [2.75, 3.05) is 32.0 Å². The molecule has 1 heterocycles. The van der Waals surface area contributed by atoms with Crippen LogP contribution in [0.1, 0.15) is 48.9 Å². The highest BCUT2D eigenvalue weighted by atomic mass is 16.6. The summed E-state index contributed by atoms with van der Waals surface area (Å²) in [6, 6.07) is 4.73. The Morgan fingerprint density at radius 3 is 2.54 bits per heavy atom. The number of likely N-dealkylation sites (tertiary alicyclic amines) is 1. The van der Waals surface area contributed by atoms with Crippen LogP contribution in [0.25, 0.3) is 0 Å². The lowest BCUT2D eigenvalue weighted by Crippen LogP contribution is -2.41. The lowest BCUT2D eigenvalue weighted by atomic mass is 10.0. The number of non-ortho nitro benzene ring substituents is 1. The number of rotatable bonds is 6. The van der Waals surface area contributed by atoms with Crippen molar-refractivity contribution in [2.45, 2.75) is 44.6 Å². The van der Waals surface area contributed by atoms with Crippen molar-refractivity contribution in [2.24, 2.45) is 5.92 Å². The van der Waals surface area contributed by atoms with Gasteiger partial charge in [0, 0.05) is 50.5 Å². The number of anilines is 1. The van der Waals surface area contributed by atoms with Crippen LogP contribution in [0.5, 0.6) is 0 Å². The average molecular weight is 360 g/mol. The summed E-state index contributed by atoms with van der Waals surface area (Å²) >= 11 is 0. The molecule has 2 fully saturated rings. The van der Waals surface area contributed by atoms with Crippen LogP contribution in [0.4, 0.5) is 11.4 Å². The molecule has 3 rings (SSSR count). The monoisotopic (exact) mass is 360 g/mol. The fourth-order valence-corrected chi connectivity index (χ4v) is 4.13. The van der Waals surface area contributed by atoms with Gasteiger partial charge in [0.05, 0.1) is 10.5 Å². The fourth-order valence-electron chi connectivity index (χ4n) is 4.13. The minimum absolute atomic E-state index is 0.0690. The molecule has 7 nitrogen and oxygen atoms in total. The van der Waals surface area contributed by atoms with Crippen LogP contribution in [0.3, 0.4) is 0 Å². The van der Waals surface area contributed by atoms with Crippen molar-refractivity contribution in [1.82, 2.24) is 10.2 Å². The number of nitro benzene ring substituents is 1. The molecule has 0 radical (unpaired) electrons. The van der Waals surface area contributed by atoms with E-state index in [2.05, 4.69) is 15.5 Å². The van der Waals surface area contributed by atoms with E-state index in [4.69, 9.17) is 0 Å². The van der Waals surface area contributed by atoms with Crippen molar-refractivity contribution in [3.8, 4) is 0 Å². The number of hydrogen-bond acceptors (Lipinski definition) is 5. The van der Waals surface area contributed by atoms with Crippen molar-refractivity contribution in [3.63, 3.8) is 0 Å². The normalized spacial score (nSPS) is 19.4. The molecule has 7 heteroatoms. The molecule has 0 aromatic heterocycles. The summed E-state index contributed by atoms with van der Waals surface area (Å²) in [7, 11) is 1.53. The van der Waals surface area contributed by atoms with E-state index in [1.54, 1.807) is 6.07 Å². The van der Waals surface area contributed by atoms with Crippen LogP contribution in [0.15, 0.2) is 18.2 Å². The lowest BCUT2D eigenvalue weighted by molar-refractivity contribution is -0.384. The van der Waals surface area contributed by atoms with Crippen molar-refractivity contribution < 1.29 is 9.72 Å². The number of nitrogens with one attached hydrogen (secondary N) is 2. The van der Waals surface area contributed by atoms with Gasteiger partial charge >= 0.3 is 0 Å². The van der Waals surface area contributed by atoms with E-state index < -0.39 is 4.92 Å². The molecule has 0 atom stereocenters. The second-order valence-electron chi connectivity index (χ2n) is 7.44. The maximum Gasteiger partial charge on any atom is 0.270 e. The Balaban J connectivity index is 1.60. The highest BCUT2D eigenvalue weighted by molar-refractivity contribution is 6.00. The largest absolute Gasteiger partial charge is 0.382 e. The van der Waals surface area contributed by atoms with Gasteiger partial charge in [0.15, 0.2) is 0 Å². The summed E-state index contributed by atoms with van der Waals surface area (Å²) in [6.45, 7) is 3.35. The number of nitro groups is 1. The molecule has 1 aliphatic carbocycles. The van der Waals surface area contributed by atoms with Crippen LogP contribution in [-0.2, 0) is 0 Å². The minimum Gasteiger partial charge on any atom is -0.382 e. The first kappa shape index (κ1) is 18.6. The molecule has 142 valence electrons. The Morgan fingerprint density at radius 1 is 1.23 bits per heavy atom. The van der Waals surface area contributed by atoms with Gasteiger partial charge in [0.2, 0.25) is 0 Å². The minimum atomic E-state index is -0.474. The molecule has 0 unspecified atom stereocenters. The van der Waals surface area contributed by atoms with Gasteiger partial charge in [0.25, 0.3) is 11.6 Å². The summed E-state index contributed by atoms with van der Waals surface area (Å²) < 4.78 is 0. The maximum absolute atomic E-state index is 12.1. The molecule has 2 N–H and O–H groups in total. The van der Waals surface area contributed by atoms with Crippen LogP contribution in [0, 0.1) is 16.0 Å². The molecule has 1 aliphatic heterocycles. The van der Waals surface area contributed by atoms with Crippen molar-refractivity contribution in [3.05, 3.63) is 33.9 Å². The molecule has 2 aliphatic rings. The number of amides is 1. The van der Waals surface area contributed by atoms with E-state index in [1.165, 1.54) is 51.4 Å². The van der Waals surface area contributed by atoms with E-state index in [9.17, 15) is 14.9 Å². The summed E-state index contributed by atoms with van der Waals surface area (Å²) in [5.74, 6) is 0.559. The lowest BCUT2D eigenvalue weighted by Gasteiger charge is -2.34. The molecule has 1 saturated carbocycles. The first-order valence-corrected chi connectivity index (χ1v) is 9.56. The molecular formula is C19H28N4O3. The number of carbonyl (C=O) groups excluding carboxylic acids is 1. The topological polar surface area (TPSA) is 87.5 Å². The molecule has 1 aromatic rings. The Bertz CT molecular complexity index is 650. The number of benzene rings is 1. The first-order chi connectivity index (χ1) is 12.6.